The molecule has 2 nitrogen and oxygen atoms in total. The molecule has 0 spiro atoms. The first kappa shape index (κ1) is 14.8. The Balaban J connectivity index is 0.000000191. The van der Waals surface area contributed by atoms with Crippen LogP contribution >= 0.6 is 0 Å². The number of carbonyl (C=O) groups is 2. The molecule has 0 radical (unpaired) electrons. The van der Waals surface area contributed by atoms with Crippen LogP contribution in [-0.4, -0.2) is 11.6 Å². The van der Waals surface area contributed by atoms with Crippen LogP contribution in [0.25, 0.3) is 0 Å². The van der Waals surface area contributed by atoms with Gasteiger partial charge in [0.1, 0.15) is 5.82 Å². The molecule has 0 bridgehead atoms. The Labute approximate surface area is 111 Å². The maximum atomic E-state index is 12.6. The maximum Gasteiger partial charge on any atom is 0.162 e. The number of rotatable bonds is 2. The van der Waals surface area contributed by atoms with Gasteiger partial charge in [0.2, 0.25) is 0 Å². The zero-order valence-electron chi connectivity index (χ0n) is 10.9. The quantitative estimate of drug-likeness (QED) is 0.765. The lowest BCUT2D eigenvalue weighted by Crippen LogP contribution is -1.94. The van der Waals surface area contributed by atoms with E-state index in [1.807, 2.05) is 30.3 Å². The van der Waals surface area contributed by atoms with Gasteiger partial charge in [0.15, 0.2) is 11.6 Å². The average molecular weight is 258 g/mol. The molecule has 2 aromatic rings. The van der Waals surface area contributed by atoms with E-state index >= 15 is 0 Å². The van der Waals surface area contributed by atoms with Crippen LogP contribution in [0.15, 0.2) is 54.6 Å². The van der Waals surface area contributed by atoms with Gasteiger partial charge in [-0.25, -0.2) is 4.39 Å². The van der Waals surface area contributed by atoms with E-state index in [9.17, 15) is 14.0 Å². The summed E-state index contributed by atoms with van der Waals surface area (Å²) >= 11 is 0. The fourth-order valence-electron chi connectivity index (χ4n) is 1.42. The molecule has 0 aliphatic heterocycles. The second-order valence-corrected chi connectivity index (χ2v) is 3.96. The molecule has 98 valence electrons. The zero-order valence-corrected chi connectivity index (χ0v) is 10.9. The third-order valence-electron chi connectivity index (χ3n) is 2.43. The summed E-state index contributed by atoms with van der Waals surface area (Å²) in [5.41, 5.74) is 0.931. The highest BCUT2D eigenvalue weighted by Crippen LogP contribution is 2.05. The summed E-state index contributed by atoms with van der Waals surface area (Å²) in [6.45, 7) is 2.91. The number of benzene rings is 2. The SMILES string of the molecule is CC(=O)c1ccccc1.CC(=O)c1ccccc1F. The van der Waals surface area contributed by atoms with Crippen LogP contribution in [0.2, 0.25) is 0 Å². The van der Waals surface area contributed by atoms with Crippen molar-refractivity contribution in [3.63, 3.8) is 0 Å². The number of hydrogen-bond donors (Lipinski definition) is 0. The number of carbonyl (C=O) groups excluding carboxylic acids is 2. The Morgan fingerprint density at radius 3 is 1.68 bits per heavy atom. The van der Waals surface area contributed by atoms with Crippen LogP contribution in [0.3, 0.4) is 0 Å². The predicted octanol–water partition coefficient (Wildman–Crippen LogP) is 3.92. The first-order valence-corrected chi connectivity index (χ1v) is 5.84. The first-order valence-electron chi connectivity index (χ1n) is 5.84. The van der Waals surface area contributed by atoms with Gasteiger partial charge in [-0.1, -0.05) is 42.5 Å². The van der Waals surface area contributed by atoms with Crippen molar-refractivity contribution >= 4 is 11.6 Å². The van der Waals surface area contributed by atoms with E-state index in [0.717, 1.165) is 5.56 Å². The van der Waals surface area contributed by atoms with E-state index in [1.165, 1.54) is 19.1 Å². The van der Waals surface area contributed by atoms with E-state index in [0.29, 0.717) is 0 Å². The molecule has 0 aliphatic carbocycles. The lowest BCUT2D eigenvalue weighted by Gasteiger charge is -1.94. The van der Waals surface area contributed by atoms with E-state index in [-0.39, 0.29) is 17.1 Å². The molecule has 0 aromatic heterocycles. The van der Waals surface area contributed by atoms with Gasteiger partial charge >= 0.3 is 0 Å². The highest BCUT2D eigenvalue weighted by Gasteiger charge is 2.03. The molecule has 0 aliphatic rings. The highest BCUT2D eigenvalue weighted by atomic mass is 19.1. The van der Waals surface area contributed by atoms with Gasteiger partial charge in [0.05, 0.1) is 5.56 Å². The Kier molecular flexibility index (Phi) is 5.61. The Hall–Kier alpha value is -2.29. The van der Waals surface area contributed by atoms with Crippen molar-refractivity contribution in [3.05, 3.63) is 71.5 Å². The average Bonchev–Trinajstić information content (AvgIpc) is 2.40. The van der Waals surface area contributed by atoms with Crippen molar-refractivity contribution in [1.82, 2.24) is 0 Å². The van der Waals surface area contributed by atoms with Crippen molar-refractivity contribution in [3.8, 4) is 0 Å². The molecule has 0 atom stereocenters. The molecule has 3 heteroatoms. The van der Waals surface area contributed by atoms with Crippen LogP contribution < -0.4 is 0 Å². The monoisotopic (exact) mass is 258 g/mol. The molecule has 2 rings (SSSR count). The minimum Gasteiger partial charge on any atom is -0.295 e. The summed E-state index contributed by atoms with van der Waals surface area (Å²) in [7, 11) is 0. The number of ketones is 2. The Morgan fingerprint density at radius 1 is 0.789 bits per heavy atom. The fourth-order valence-corrected chi connectivity index (χ4v) is 1.42. The van der Waals surface area contributed by atoms with E-state index in [1.54, 1.807) is 19.1 Å². The van der Waals surface area contributed by atoms with Crippen LogP contribution in [0.1, 0.15) is 34.6 Å². The normalized spacial score (nSPS) is 9.21. The van der Waals surface area contributed by atoms with E-state index < -0.39 is 5.82 Å². The molecule has 0 saturated heterocycles. The van der Waals surface area contributed by atoms with Gasteiger partial charge in [-0.2, -0.15) is 0 Å². The smallest absolute Gasteiger partial charge is 0.162 e. The Bertz CT molecular complexity index is 562. The van der Waals surface area contributed by atoms with Gasteiger partial charge in [0.25, 0.3) is 0 Å². The summed E-state index contributed by atoms with van der Waals surface area (Å²) in [5.74, 6) is -0.566. The summed E-state index contributed by atoms with van der Waals surface area (Å²) < 4.78 is 12.6. The minimum absolute atomic E-state index is 0.121. The van der Waals surface area contributed by atoms with Crippen molar-refractivity contribution in [2.24, 2.45) is 0 Å². The molecule has 0 heterocycles. The number of Topliss-reactive ketones (excluding diaryl/α,β-unsaturated/α-hetero) is 2. The maximum absolute atomic E-state index is 12.6. The summed E-state index contributed by atoms with van der Waals surface area (Å²) in [6, 6.07) is 15.2. The molecule has 0 unspecified atom stereocenters. The summed E-state index contributed by atoms with van der Waals surface area (Å²) in [4.78, 5) is 21.3. The van der Waals surface area contributed by atoms with Gasteiger partial charge in [0, 0.05) is 5.56 Å². The molecular formula is C16H15FO2. The van der Waals surface area contributed by atoms with Gasteiger partial charge in [-0.05, 0) is 26.0 Å². The van der Waals surface area contributed by atoms with Crippen LogP contribution in [0.5, 0.6) is 0 Å². The lowest BCUT2D eigenvalue weighted by molar-refractivity contribution is 0.100. The second-order valence-electron chi connectivity index (χ2n) is 3.96. The highest BCUT2D eigenvalue weighted by molar-refractivity contribution is 5.94. The fraction of sp³-hybridized carbons (Fsp3) is 0.125. The van der Waals surface area contributed by atoms with Crippen LogP contribution in [-0.2, 0) is 0 Å². The molecule has 0 fully saturated rings. The van der Waals surface area contributed by atoms with Crippen molar-refractivity contribution < 1.29 is 14.0 Å². The van der Waals surface area contributed by atoms with Gasteiger partial charge < -0.3 is 0 Å². The number of halogens is 1. The molecule has 0 amide bonds. The largest absolute Gasteiger partial charge is 0.295 e. The summed E-state index contributed by atoms with van der Waals surface area (Å²) in [6.07, 6.45) is 0. The van der Waals surface area contributed by atoms with E-state index in [2.05, 4.69) is 0 Å². The Morgan fingerprint density at radius 2 is 1.32 bits per heavy atom. The summed E-state index contributed by atoms with van der Waals surface area (Å²) in [5, 5.41) is 0. The molecule has 2 aromatic carbocycles. The topological polar surface area (TPSA) is 34.1 Å². The molecule has 0 N–H and O–H groups in total. The van der Waals surface area contributed by atoms with Crippen molar-refractivity contribution in [1.29, 1.82) is 0 Å². The third kappa shape index (κ3) is 4.84. The first-order chi connectivity index (χ1) is 9.02. The standard InChI is InChI=1S/C8H7FO.C8H8O/c1-6(10)7-4-2-3-5-8(7)9;1-7(9)8-5-3-2-4-6-8/h2-5H,1H3;2-6H,1H3. The van der Waals surface area contributed by atoms with Gasteiger partial charge in [-0.15, -0.1) is 0 Å². The van der Waals surface area contributed by atoms with Crippen molar-refractivity contribution in [2.45, 2.75) is 13.8 Å². The lowest BCUT2D eigenvalue weighted by atomic mass is 10.1. The predicted molar refractivity (Wildman–Crippen MR) is 72.9 cm³/mol. The second kappa shape index (κ2) is 7.21. The number of hydrogen-bond acceptors (Lipinski definition) is 2. The van der Waals surface area contributed by atoms with Crippen molar-refractivity contribution in [2.75, 3.05) is 0 Å². The minimum atomic E-state index is -0.449. The molecular weight excluding hydrogens is 243 g/mol. The zero-order chi connectivity index (χ0) is 14.3. The molecule has 19 heavy (non-hydrogen) atoms. The van der Waals surface area contributed by atoms with Crippen LogP contribution in [0.4, 0.5) is 4.39 Å². The van der Waals surface area contributed by atoms with Crippen LogP contribution in [0, 0.1) is 5.82 Å². The van der Waals surface area contributed by atoms with Gasteiger partial charge in [-0.3, -0.25) is 9.59 Å². The molecule has 0 saturated carbocycles. The van der Waals surface area contributed by atoms with E-state index in [4.69, 9.17) is 0 Å². The third-order valence-corrected chi connectivity index (χ3v) is 2.43.